The Morgan fingerprint density at radius 1 is 1.56 bits per heavy atom. The van der Waals surface area contributed by atoms with Gasteiger partial charge in [0.15, 0.2) is 0 Å². The van der Waals surface area contributed by atoms with Crippen molar-refractivity contribution in [2.24, 2.45) is 5.92 Å². The highest BCUT2D eigenvalue weighted by molar-refractivity contribution is 5.98. The first-order chi connectivity index (χ1) is 8.54. The third kappa shape index (κ3) is 2.06. The van der Waals surface area contributed by atoms with Gasteiger partial charge in [-0.3, -0.25) is 14.9 Å². The van der Waals surface area contributed by atoms with E-state index in [1.54, 1.807) is 25.1 Å². The van der Waals surface area contributed by atoms with Gasteiger partial charge in [-0.1, -0.05) is 12.1 Å². The topological polar surface area (TPSA) is 83.7 Å². The van der Waals surface area contributed by atoms with Crippen LogP contribution in [0.25, 0.3) is 0 Å². The van der Waals surface area contributed by atoms with Gasteiger partial charge >= 0.3 is 0 Å². The summed E-state index contributed by atoms with van der Waals surface area (Å²) in [4.78, 5) is 23.8. The van der Waals surface area contributed by atoms with Crippen LogP contribution >= 0.6 is 0 Å². The van der Waals surface area contributed by atoms with Gasteiger partial charge in [-0.05, 0) is 13.0 Å². The number of para-hydroxylation sites is 1. The second-order valence-electron chi connectivity index (χ2n) is 4.46. The first-order valence-corrected chi connectivity index (χ1v) is 5.69. The van der Waals surface area contributed by atoms with Gasteiger partial charge in [0.25, 0.3) is 5.69 Å². The number of carbonyl (C=O) groups excluding carboxylic acids is 1. The molecule has 1 unspecified atom stereocenters. The Kier molecular flexibility index (Phi) is 3.29. The average molecular weight is 250 g/mol. The van der Waals surface area contributed by atoms with Crippen LogP contribution < -0.4 is 4.90 Å². The summed E-state index contributed by atoms with van der Waals surface area (Å²) in [5.41, 5.74) is 0.808. The van der Waals surface area contributed by atoms with Crippen LogP contribution in [0.5, 0.6) is 0 Å². The lowest BCUT2D eigenvalue weighted by Gasteiger charge is -2.17. The lowest BCUT2D eigenvalue weighted by atomic mass is 10.1. The second-order valence-corrected chi connectivity index (χ2v) is 4.46. The number of hydrogen-bond acceptors (Lipinski definition) is 4. The van der Waals surface area contributed by atoms with Crippen molar-refractivity contribution in [3.05, 3.63) is 33.9 Å². The molecule has 18 heavy (non-hydrogen) atoms. The van der Waals surface area contributed by atoms with Crippen molar-refractivity contribution in [1.29, 1.82) is 0 Å². The molecule has 0 aliphatic carbocycles. The smallest absolute Gasteiger partial charge is 0.295 e. The summed E-state index contributed by atoms with van der Waals surface area (Å²) in [6, 6.07) is 4.91. The minimum atomic E-state index is -0.468. The number of carbonyl (C=O) groups is 1. The molecule has 0 spiro atoms. The molecular formula is C12H14N2O4. The minimum Gasteiger partial charge on any atom is -0.396 e. The van der Waals surface area contributed by atoms with Crippen LogP contribution in [0, 0.1) is 23.0 Å². The minimum absolute atomic E-state index is 0.0376. The van der Waals surface area contributed by atoms with Gasteiger partial charge in [-0.25, -0.2) is 0 Å². The first-order valence-electron chi connectivity index (χ1n) is 5.69. The van der Waals surface area contributed by atoms with Crippen molar-refractivity contribution < 1.29 is 14.8 Å². The first kappa shape index (κ1) is 12.5. The van der Waals surface area contributed by atoms with E-state index in [-0.39, 0.29) is 30.5 Å². The number of anilines is 1. The number of hydrogen-bond donors (Lipinski definition) is 1. The lowest BCUT2D eigenvalue weighted by molar-refractivity contribution is -0.384. The van der Waals surface area contributed by atoms with E-state index in [0.29, 0.717) is 17.8 Å². The third-order valence-corrected chi connectivity index (χ3v) is 3.15. The molecule has 96 valence electrons. The van der Waals surface area contributed by atoms with E-state index in [9.17, 15) is 14.9 Å². The molecule has 1 heterocycles. The van der Waals surface area contributed by atoms with E-state index in [0.717, 1.165) is 0 Å². The molecule has 1 aliphatic rings. The zero-order valence-corrected chi connectivity index (χ0v) is 10.00. The molecule has 6 nitrogen and oxygen atoms in total. The lowest BCUT2D eigenvalue weighted by Crippen LogP contribution is -2.25. The van der Waals surface area contributed by atoms with E-state index >= 15 is 0 Å². The van der Waals surface area contributed by atoms with Crippen LogP contribution in [-0.4, -0.2) is 29.1 Å². The van der Waals surface area contributed by atoms with Gasteiger partial charge in [-0.2, -0.15) is 0 Å². The molecule has 1 aromatic rings. The van der Waals surface area contributed by atoms with Crippen molar-refractivity contribution in [2.75, 3.05) is 18.1 Å². The molecule has 1 amide bonds. The molecule has 1 N–H and O–H groups in total. The zero-order chi connectivity index (χ0) is 13.3. The number of aliphatic hydroxyl groups excluding tert-OH is 1. The molecule has 1 atom stereocenters. The monoisotopic (exact) mass is 250 g/mol. The van der Waals surface area contributed by atoms with Crippen LogP contribution in [0.4, 0.5) is 11.4 Å². The largest absolute Gasteiger partial charge is 0.396 e. The fourth-order valence-electron chi connectivity index (χ4n) is 2.24. The van der Waals surface area contributed by atoms with Crippen molar-refractivity contribution >= 4 is 17.3 Å². The van der Waals surface area contributed by atoms with Gasteiger partial charge in [0.2, 0.25) is 5.91 Å². The van der Waals surface area contributed by atoms with E-state index < -0.39 is 4.92 Å². The van der Waals surface area contributed by atoms with Gasteiger partial charge in [0.05, 0.1) is 4.92 Å². The Balaban J connectivity index is 2.43. The third-order valence-electron chi connectivity index (χ3n) is 3.15. The van der Waals surface area contributed by atoms with E-state index in [1.165, 1.54) is 4.90 Å². The molecule has 1 fully saturated rings. The summed E-state index contributed by atoms with van der Waals surface area (Å²) < 4.78 is 0. The number of aryl methyl sites for hydroxylation is 1. The fraction of sp³-hybridized carbons (Fsp3) is 0.417. The van der Waals surface area contributed by atoms with Crippen molar-refractivity contribution in [3.63, 3.8) is 0 Å². The quantitative estimate of drug-likeness (QED) is 0.646. The summed E-state index contributed by atoms with van der Waals surface area (Å²) in [6.07, 6.45) is 0.238. The molecule has 6 heteroatoms. The Labute approximate surface area is 104 Å². The Bertz CT molecular complexity index is 501. The molecule has 1 saturated heterocycles. The summed E-state index contributed by atoms with van der Waals surface area (Å²) in [5.74, 6) is -0.319. The van der Waals surface area contributed by atoms with Gasteiger partial charge in [0, 0.05) is 31.1 Å². The maximum Gasteiger partial charge on any atom is 0.295 e. The summed E-state index contributed by atoms with van der Waals surface area (Å²) in [6.45, 7) is 1.90. The van der Waals surface area contributed by atoms with Crippen molar-refractivity contribution in [2.45, 2.75) is 13.3 Å². The van der Waals surface area contributed by atoms with Gasteiger partial charge in [-0.15, -0.1) is 0 Å². The van der Waals surface area contributed by atoms with E-state index in [4.69, 9.17) is 5.11 Å². The maximum atomic E-state index is 11.8. The predicted octanol–water partition coefficient (Wildman–Crippen LogP) is 1.25. The summed E-state index contributed by atoms with van der Waals surface area (Å²) in [7, 11) is 0. The Morgan fingerprint density at radius 2 is 2.28 bits per heavy atom. The highest BCUT2D eigenvalue weighted by atomic mass is 16.6. The van der Waals surface area contributed by atoms with Crippen LogP contribution in [-0.2, 0) is 4.79 Å². The standard InChI is InChI=1S/C12H14N2O4/c1-8-3-2-4-10(12(8)14(17)18)13-6-9(7-15)5-11(13)16/h2-4,9,15H,5-7H2,1H3. The van der Waals surface area contributed by atoms with Gasteiger partial charge < -0.3 is 10.0 Å². The SMILES string of the molecule is Cc1cccc(N2CC(CO)CC2=O)c1[N+](=O)[O-]. The number of benzene rings is 1. The van der Waals surface area contributed by atoms with Crippen LogP contribution in [0.1, 0.15) is 12.0 Å². The van der Waals surface area contributed by atoms with Crippen molar-refractivity contribution in [3.8, 4) is 0 Å². The highest BCUT2D eigenvalue weighted by Crippen LogP contribution is 2.34. The summed E-state index contributed by atoms with van der Waals surface area (Å²) in [5, 5.41) is 20.1. The van der Waals surface area contributed by atoms with E-state index in [1.807, 2.05) is 0 Å². The van der Waals surface area contributed by atoms with Crippen LogP contribution in [0.3, 0.4) is 0 Å². The van der Waals surface area contributed by atoms with Crippen LogP contribution in [0.15, 0.2) is 18.2 Å². The fourth-order valence-corrected chi connectivity index (χ4v) is 2.24. The normalized spacial score (nSPS) is 19.3. The predicted molar refractivity (Wildman–Crippen MR) is 65.4 cm³/mol. The van der Waals surface area contributed by atoms with Crippen molar-refractivity contribution in [1.82, 2.24) is 0 Å². The Morgan fingerprint density at radius 3 is 2.83 bits per heavy atom. The molecule has 2 rings (SSSR count). The Hall–Kier alpha value is -1.95. The molecule has 0 radical (unpaired) electrons. The number of nitrogens with zero attached hydrogens (tertiary/aromatic N) is 2. The zero-order valence-electron chi connectivity index (χ0n) is 10.00. The number of nitro benzene ring substituents is 1. The molecule has 0 aromatic heterocycles. The average Bonchev–Trinajstić information content (AvgIpc) is 2.69. The number of amides is 1. The number of nitro groups is 1. The molecule has 0 bridgehead atoms. The molecule has 0 saturated carbocycles. The highest BCUT2D eigenvalue weighted by Gasteiger charge is 2.34. The second kappa shape index (κ2) is 4.73. The molecule has 1 aromatic carbocycles. The number of rotatable bonds is 3. The van der Waals surface area contributed by atoms with E-state index in [2.05, 4.69) is 0 Å². The summed E-state index contributed by atoms with van der Waals surface area (Å²) >= 11 is 0. The maximum absolute atomic E-state index is 11.8. The molecule has 1 aliphatic heterocycles. The number of aliphatic hydroxyl groups is 1. The van der Waals surface area contributed by atoms with Gasteiger partial charge in [0.1, 0.15) is 5.69 Å². The van der Waals surface area contributed by atoms with Crippen LogP contribution in [0.2, 0.25) is 0 Å². The molecular weight excluding hydrogens is 236 g/mol.